The van der Waals surface area contributed by atoms with Gasteiger partial charge in [0.1, 0.15) is 17.9 Å². The predicted molar refractivity (Wildman–Crippen MR) is 101 cm³/mol. The molecule has 1 heterocycles. The maximum atomic E-state index is 12.4. The molecule has 6 nitrogen and oxygen atoms in total. The Hall–Kier alpha value is -3.07. The number of nitrogens with zero attached hydrogens (tertiary/aromatic N) is 2. The van der Waals surface area contributed by atoms with Crippen LogP contribution in [0.1, 0.15) is 48.5 Å². The van der Waals surface area contributed by atoms with Gasteiger partial charge < -0.3 is 14.8 Å². The third kappa shape index (κ3) is 5.20. The summed E-state index contributed by atoms with van der Waals surface area (Å²) in [6.45, 7) is 2.53. The number of carbonyl (C=O) groups is 1. The second kappa shape index (κ2) is 9.04. The van der Waals surface area contributed by atoms with Gasteiger partial charge in [-0.15, -0.1) is 0 Å². The molecule has 1 aromatic heterocycles. The lowest BCUT2D eigenvalue weighted by atomic mass is 9.92. The lowest BCUT2D eigenvalue weighted by Crippen LogP contribution is -2.39. The van der Waals surface area contributed by atoms with Crippen LogP contribution in [0.25, 0.3) is 0 Å². The van der Waals surface area contributed by atoms with Crippen LogP contribution in [0.2, 0.25) is 0 Å². The molecule has 1 N–H and O–H groups in total. The van der Waals surface area contributed by atoms with Gasteiger partial charge in [0.15, 0.2) is 0 Å². The predicted octanol–water partition coefficient (Wildman–Crippen LogP) is 3.47. The van der Waals surface area contributed by atoms with Gasteiger partial charge in [-0.25, -0.2) is 4.98 Å². The summed E-state index contributed by atoms with van der Waals surface area (Å²) in [4.78, 5) is 16.5. The van der Waals surface area contributed by atoms with Crippen molar-refractivity contribution in [2.75, 3.05) is 6.61 Å². The molecule has 0 radical (unpaired) electrons. The fraction of sp³-hybridized carbons (Fsp3) is 0.381. The van der Waals surface area contributed by atoms with Crippen molar-refractivity contribution in [2.45, 2.75) is 44.8 Å². The van der Waals surface area contributed by atoms with Crippen LogP contribution < -0.4 is 14.8 Å². The van der Waals surface area contributed by atoms with Crippen molar-refractivity contribution in [2.24, 2.45) is 0 Å². The van der Waals surface area contributed by atoms with E-state index in [1.54, 1.807) is 24.3 Å². The van der Waals surface area contributed by atoms with E-state index in [1.807, 2.05) is 25.1 Å². The van der Waals surface area contributed by atoms with Crippen LogP contribution in [0.3, 0.4) is 0 Å². The van der Waals surface area contributed by atoms with Crippen molar-refractivity contribution >= 4 is 5.91 Å². The molecular weight excluding hydrogens is 342 g/mol. The number of pyridine rings is 1. The van der Waals surface area contributed by atoms with Gasteiger partial charge in [0.25, 0.3) is 5.91 Å². The third-order valence-electron chi connectivity index (χ3n) is 4.59. The zero-order chi connectivity index (χ0) is 19.1. The Balaban J connectivity index is 1.45. The van der Waals surface area contributed by atoms with E-state index in [9.17, 15) is 4.79 Å². The third-order valence-corrected chi connectivity index (χ3v) is 4.59. The maximum Gasteiger partial charge on any atom is 0.251 e. The Morgan fingerprint density at radius 1 is 1.19 bits per heavy atom. The van der Waals surface area contributed by atoms with Crippen molar-refractivity contribution < 1.29 is 14.3 Å². The monoisotopic (exact) mass is 365 g/mol. The Labute approximate surface area is 159 Å². The van der Waals surface area contributed by atoms with Crippen molar-refractivity contribution in [3.05, 3.63) is 53.7 Å². The summed E-state index contributed by atoms with van der Waals surface area (Å²) >= 11 is 0. The fourth-order valence-electron chi connectivity index (χ4n) is 3.15. The van der Waals surface area contributed by atoms with E-state index < -0.39 is 0 Å². The number of aromatic nitrogens is 1. The van der Waals surface area contributed by atoms with E-state index in [1.165, 1.54) is 6.20 Å². The first kappa shape index (κ1) is 18.7. The minimum atomic E-state index is -0.0591. The summed E-state index contributed by atoms with van der Waals surface area (Å²) in [5.41, 5.74) is 1.15. The molecule has 140 valence electrons. The van der Waals surface area contributed by atoms with Crippen molar-refractivity contribution in [3.8, 4) is 17.7 Å². The standard InChI is InChI=1S/C21H23N3O3/c1-2-26-18-8-4-16(5-9-18)21(25)24-17-6-10-19(11-7-17)27-20-12-3-15(13-22)14-23-20/h3-5,8-9,12,14,17,19H,2,6-7,10-11H2,1H3,(H,24,25). The topological polar surface area (TPSA) is 84.2 Å². The van der Waals surface area contributed by atoms with Gasteiger partial charge in [0, 0.05) is 23.9 Å². The second-order valence-corrected chi connectivity index (χ2v) is 6.52. The number of rotatable bonds is 6. The summed E-state index contributed by atoms with van der Waals surface area (Å²) in [6.07, 6.45) is 5.04. The second-order valence-electron chi connectivity index (χ2n) is 6.52. The van der Waals surface area contributed by atoms with Gasteiger partial charge in [0.05, 0.1) is 12.2 Å². The first-order chi connectivity index (χ1) is 13.2. The number of amides is 1. The van der Waals surface area contributed by atoms with E-state index in [0.717, 1.165) is 31.4 Å². The Morgan fingerprint density at radius 3 is 2.52 bits per heavy atom. The molecule has 1 aliphatic carbocycles. The van der Waals surface area contributed by atoms with Crippen molar-refractivity contribution in [3.63, 3.8) is 0 Å². The van der Waals surface area contributed by atoms with Crippen LogP contribution in [0.4, 0.5) is 0 Å². The van der Waals surface area contributed by atoms with Gasteiger partial charge >= 0.3 is 0 Å². The highest BCUT2D eigenvalue weighted by molar-refractivity contribution is 5.94. The molecule has 1 amide bonds. The lowest BCUT2D eigenvalue weighted by Gasteiger charge is -2.29. The zero-order valence-electron chi connectivity index (χ0n) is 15.4. The molecule has 2 aromatic rings. The SMILES string of the molecule is CCOc1ccc(C(=O)NC2CCC(Oc3ccc(C#N)cn3)CC2)cc1. The number of hydrogen-bond donors (Lipinski definition) is 1. The Kier molecular flexibility index (Phi) is 6.26. The average molecular weight is 365 g/mol. The first-order valence-corrected chi connectivity index (χ1v) is 9.24. The first-order valence-electron chi connectivity index (χ1n) is 9.24. The Bertz CT molecular complexity index is 789. The highest BCUT2D eigenvalue weighted by atomic mass is 16.5. The minimum Gasteiger partial charge on any atom is -0.494 e. The van der Waals surface area contributed by atoms with E-state index in [2.05, 4.69) is 10.3 Å². The van der Waals surface area contributed by atoms with Crippen LogP contribution in [-0.4, -0.2) is 29.6 Å². The Morgan fingerprint density at radius 2 is 1.93 bits per heavy atom. The van der Waals surface area contributed by atoms with Gasteiger partial charge in [0.2, 0.25) is 5.88 Å². The number of hydrogen-bond acceptors (Lipinski definition) is 5. The molecular formula is C21H23N3O3. The molecule has 1 aromatic carbocycles. The molecule has 1 aliphatic rings. The van der Waals surface area contributed by atoms with Crippen LogP contribution in [0.15, 0.2) is 42.6 Å². The van der Waals surface area contributed by atoms with Gasteiger partial charge in [-0.3, -0.25) is 4.79 Å². The molecule has 1 fully saturated rings. The van der Waals surface area contributed by atoms with Gasteiger partial charge in [-0.05, 0) is 62.9 Å². The molecule has 3 rings (SSSR count). The maximum absolute atomic E-state index is 12.4. The van der Waals surface area contributed by atoms with E-state index in [-0.39, 0.29) is 18.1 Å². The molecule has 6 heteroatoms. The van der Waals surface area contributed by atoms with Gasteiger partial charge in [-0.2, -0.15) is 5.26 Å². The molecule has 0 bridgehead atoms. The summed E-state index contributed by atoms with van der Waals surface area (Å²) < 4.78 is 11.3. The van der Waals surface area contributed by atoms with Crippen LogP contribution in [-0.2, 0) is 0 Å². The van der Waals surface area contributed by atoms with E-state index >= 15 is 0 Å². The fourth-order valence-corrected chi connectivity index (χ4v) is 3.15. The average Bonchev–Trinajstić information content (AvgIpc) is 2.71. The van der Waals surface area contributed by atoms with Crippen LogP contribution in [0, 0.1) is 11.3 Å². The van der Waals surface area contributed by atoms with E-state index in [0.29, 0.717) is 23.6 Å². The smallest absolute Gasteiger partial charge is 0.251 e. The number of nitriles is 1. The van der Waals surface area contributed by atoms with Crippen LogP contribution >= 0.6 is 0 Å². The number of benzene rings is 1. The van der Waals surface area contributed by atoms with E-state index in [4.69, 9.17) is 14.7 Å². The molecule has 0 atom stereocenters. The number of ether oxygens (including phenoxy) is 2. The highest BCUT2D eigenvalue weighted by Gasteiger charge is 2.24. The lowest BCUT2D eigenvalue weighted by molar-refractivity contribution is 0.0890. The van der Waals surface area contributed by atoms with Crippen molar-refractivity contribution in [1.29, 1.82) is 5.26 Å². The summed E-state index contributed by atoms with van der Waals surface area (Å²) in [7, 11) is 0. The molecule has 0 unspecified atom stereocenters. The zero-order valence-corrected chi connectivity index (χ0v) is 15.4. The molecule has 0 aliphatic heterocycles. The minimum absolute atomic E-state index is 0.0591. The van der Waals surface area contributed by atoms with Crippen LogP contribution in [0.5, 0.6) is 11.6 Å². The number of nitrogens with one attached hydrogen (secondary N) is 1. The summed E-state index contributed by atoms with van der Waals surface area (Å²) in [6, 6.07) is 12.8. The van der Waals surface area contributed by atoms with Crippen molar-refractivity contribution in [1.82, 2.24) is 10.3 Å². The largest absolute Gasteiger partial charge is 0.494 e. The highest BCUT2D eigenvalue weighted by Crippen LogP contribution is 2.23. The molecule has 27 heavy (non-hydrogen) atoms. The van der Waals surface area contributed by atoms with Gasteiger partial charge in [-0.1, -0.05) is 0 Å². The number of carbonyl (C=O) groups excluding carboxylic acids is 1. The summed E-state index contributed by atoms with van der Waals surface area (Å²) in [5, 5.41) is 11.9. The summed E-state index contributed by atoms with van der Waals surface area (Å²) in [5.74, 6) is 1.25. The normalized spacial score (nSPS) is 19.0. The molecule has 0 spiro atoms. The molecule has 1 saturated carbocycles. The quantitative estimate of drug-likeness (QED) is 0.847. The molecule has 0 saturated heterocycles.